The Labute approximate surface area is 108 Å². The molecule has 0 fully saturated rings. The molecule has 2 aromatic rings. The molecule has 0 aliphatic carbocycles. The highest BCUT2D eigenvalue weighted by molar-refractivity contribution is 5.63. The molecule has 0 saturated carbocycles. The minimum atomic E-state index is -1.24. The minimum absolute atomic E-state index is 0.270. The van der Waals surface area contributed by atoms with E-state index < -0.39 is 17.5 Å². The molecular formula is C13H12F3N3. The van der Waals surface area contributed by atoms with Gasteiger partial charge in [0.1, 0.15) is 5.82 Å². The minimum Gasteiger partial charge on any atom is -0.384 e. The van der Waals surface area contributed by atoms with Crippen LogP contribution in [0.2, 0.25) is 0 Å². The van der Waals surface area contributed by atoms with Gasteiger partial charge >= 0.3 is 0 Å². The zero-order valence-electron chi connectivity index (χ0n) is 10.2. The topological polar surface area (TPSA) is 37.0 Å². The van der Waals surface area contributed by atoms with Crippen LogP contribution in [0.25, 0.3) is 0 Å². The van der Waals surface area contributed by atoms with Gasteiger partial charge in [-0.2, -0.15) is 0 Å². The molecule has 0 radical (unpaired) electrons. The third kappa shape index (κ3) is 3.15. The Morgan fingerprint density at radius 1 is 1.05 bits per heavy atom. The number of hydrogen-bond acceptors (Lipinski definition) is 3. The quantitative estimate of drug-likeness (QED) is 0.830. The lowest BCUT2D eigenvalue weighted by molar-refractivity contribution is 0.498. The van der Waals surface area contributed by atoms with E-state index in [1.165, 1.54) is 6.20 Å². The number of halogens is 3. The summed E-state index contributed by atoms with van der Waals surface area (Å²) in [7, 11) is 0. The zero-order valence-corrected chi connectivity index (χ0v) is 10.2. The molecule has 0 aliphatic rings. The second kappa shape index (κ2) is 5.60. The number of pyridine rings is 1. The molecule has 1 aromatic carbocycles. The largest absolute Gasteiger partial charge is 0.384 e. The Morgan fingerprint density at radius 2 is 1.79 bits per heavy atom. The highest BCUT2D eigenvalue weighted by Gasteiger charge is 2.11. The molecule has 0 spiro atoms. The maximum Gasteiger partial charge on any atom is 0.182 e. The summed E-state index contributed by atoms with van der Waals surface area (Å²) in [4.78, 5) is 3.94. The van der Waals surface area contributed by atoms with Gasteiger partial charge < -0.3 is 10.6 Å². The lowest BCUT2D eigenvalue weighted by Crippen LogP contribution is -2.01. The fraction of sp³-hybridized carbons (Fsp3) is 0.154. The van der Waals surface area contributed by atoms with Crippen molar-refractivity contribution in [3.63, 3.8) is 0 Å². The van der Waals surface area contributed by atoms with Crippen molar-refractivity contribution in [3.8, 4) is 0 Å². The van der Waals surface area contributed by atoms with Gasteiger partial charge in [0.15, 0.2) is 11.6 Å². The van der Waals surface area contributed by atoms with Crippen molar-refractivity contribution >= 4 is 17.1 Å². The second-order valence-corrected chi connectivity index (χ2v) is 3.87. The van der Waals surface area contributed by atoms with Crippen LogP contribution in [0.1, 0.15) is 6.92 Å². The molecule has 0 aliphatic heterocycles. The molecule has 19 heavy (non-hydrogen) atoms. The van der Waals surface area contributed by atoms with Crippen LogP contribution in [0.5, 0.6) is 0 Å². The molecule has 2 rings (SSSR count). The zero-order chi connectivity index (χ0) is 13.8. The van der Waals surface area contributed by atoms with Gasteiger partial charge in [0.2, 0.25) is 0 Å². The number of nitrogens with one attached hydrogen (secondary N) is 2. The first-order valence-electron chi connectivity index (χ1n) is 5.70. The Balaban J connectivity index is 2.28. The van der Waals surface area contributed by atoms with E-state index in [9.17, 15) is 13.2 Å². The van der Waals surface area contributed by atoms with Crippen LogP contribution >= 0.6 is 0 Å². The first kappa shape index (κ1) is 13.2. The van der Waals surface area contributed by atoms with Crippen LogP contribution in [-0.4, -0.2) is 11.5 Å². The average Bonchev–Trinajstić information content (AvgIpc) is 2.36. The highest BCUT2D eigenvalue weighted by atomic mass is 19.2. The Kier molecular flexibility index (Phi) is 3.89. The lowest BCUT2D eigenvalue weighted by Gasteiger charge is -2.10. The molecular weight excluding hydrogens is 255 g/mol. The monoisotopic (exact) mass is 267 g/mol. The molecule has 1 aromatic heterocycles. The fourth-order valence-corrected chi connectivity index (χ4v) is 1.61. The van der Waals surface area contributed by atoms with Crippen molar-refractivity contribution in [3.05, 3.63) is 48.0 Å². The van der Waals surface area contributed by atoms with E-state index in [4.69, 9.17) is 0 Å². The predicted molar refractivity (Wildman–Crippen MR) is 68.0 cm³/mol. The molecule has 0 saturated heterocycles. The molecule has 6 heteroatoms. The molecule has 0 bridgehead atoms. The van der Waals surface area contributed by atoms with Gasteiger partial charge in [-0.3, -0.25) is 4.98 Å². The number of hydrogen-bond donors (Lipinski definition) is 2. The van der Waals surface area contributed by atoms with Crippen molar-refractivity contribution in [2.75, 3.05) is 17.2 Å². The molecule has 3 nitrogen and oxygen atoms in total. The Bertz CT molecular complexity index is 587. The summed E-state index contributed by atoms with van der Waals surface area (Å²) in [6.07, 6.45) is 3.03. The van der Waals surface area contributed by atoms with Crippen LogP contribution < -0.4 is 10.6 Å². The smallest absolute Gasteiger partial charge is 0.182 e. The number of nitrogens with zero attached hydrogens (tertiary/aromatic N) is 1. The van der Waals surface area contributed by atoms with E-state index in [1.54, 1.807) is 12.3 Å². The third-order valence-corrected chi connectivity index (χ3v) is 2.39. The van der Waals surface area contributed by atoms with Gasteiger partial charge in [0.05, 0.1) is 29.5 Å². The van der Waals surface area contributed by atoms with E-state index in [0.717, 1.165) is 11.8 Å². The van der Waals surface area contributed by atoms with Crippen LogP contribution in [0.3, 0.4) is 0 Å². The highest BCUT2D eigenvalue weighted by Crippen LogP contribution is 2.24. The summed E-state index contributed by atoms with van der Waals surface area (Å²) in [5, 5.41) is 5.62. The first-order valence-corrected chi connectivity index (χ1v) is 5.70. The maximum atomic E-state index is 13.5. The Hall–Kier alpha value is -2.24. The van der Waals surface area contributed by atoms with Gasteiger partial charge in [0.25, 0.3) is 0 Å². The first-order chi connectivity index (χ1) is 9.10. The molecule has 2 N–H and O–H groups in total. The van der Waals surface area contributed by atoms with E-state index in [1.807, 2.05) is 6.92 Å². The van der Waals surface area contributed by atoms with E-state index in [2.05, 4.69) is 15.6 Å². The molecule has 0 unspecified atom stereocenters. The molecule has 1 heterocycles. The van der Waals surface area contributed by atoms with E-state index in [0.29, 0.717) is 18.3 Å². The maximum absolute atomic E-state index is 13.5. The normalized spacial score (nSPS) is 10.3. The van der Waals surface area contributed by atoms with E-state index >= 15 is 0 Å². The van der Waals surface area contributed by atoms with Gasteiger partial charge in [-0.25, -0.2) is 13.2 Å². The van der Waals surface area contributed by atoms with Crippen molar-refractivity contribution in [1.29, 1.82) is 0 Å². The molecule has 100 valence electrons. The van der Waals surface area contributed by atoms with Gasteiger partial charge in [-0.1, -0.05) is 0 Å². The average molecular weight is 267 g/mol. The SMILES string of the molecule is CCNc1cncc(Nc2cc(F)cc(F)c2F)c1. The van der Waals surface area contributed by atoms with Crippen LogP contribution in [0, 0.1) is 17.5 Å². The van der Waals surface area contributed by atoms with Gasteiger partial charge in [0, 0.05) is 18.7 Å². The number of benzene rings is 1. The van der Waals surface area contributed by atoms with Gasteiger partial charge in [-0.05, 0) is 13.0 Å². The van der Waals surface area contributed by atoms with Crippen molar-refractivity contribution in [2.45, 2.75) is 6.92 Å². The van der Waals surface area contributed by atoms with Crippen LogP contribution in [0.15, 0.2) is 30.6 Å². The second-order valence-electron chi connectivity index (χ2n) is 3.87. The van der Waals surface area contributed by atoms with Gasteiger partial charge in [-0.15, -0.1) is 0 Å². The summed E-state index contributed by atoms with van der Waals surface area (Å²) in [6, 6.07) is 3.05. The van der Waals surface area contributed by atoms with Crippen LogP contribution in [0.4, 0.5) is 30.2 Å². The van der Waals surface area contributed by atoms with Crippen molar-refractivity contribution < 1.29 is 13.2 Å². The number of aromatic nitrogens is 1. The van der Waals surface area contributed by atoms with Crippen molar-refractivity contribution in [1.82, 2.24) is 4.98 Å². The lowest BCUT2D eigenvalue weighted by atomic mass is 10.2. The summed E-state index contributed by atoms with van der Waals surface area (Å²) in [5.74, 6) is -3.22. The fourth-order valence-electron chi connectivity index (χ4n) is 1.61. The Morgan fingerprint density at radius 3 is 2.53 bits per heavy atom. The van der Waals surface area contributed by atoms with E-state index in [-0.39, 0.29) is 5.69 Å². The molecule has 0 amide bonds. The predicted octanol–water partition coefficient (Wildman–Crippen LogP) is 3.67. The standard InChI is InChI=1S/C13H12F3N3/c1-2-18-9-5-10(7-17-6-9)19-12-4-8(14)3-11(15)13(12)16/h3-7,18-19H,2H2,1H3. The number of anilines is 3. The summed E-state index contributed by atoms with van der Waals surface area (Å²) in [6.45, 7) is 2.62. The molecule has 0 atom stereocenters. The summed E-state index contributed by atoms with van der Waals surface area (Å²) in [5.41, 5.74) is 0.889. The summed E-state index contributed by atoms with van der Waals surface area (Å²) >= 11 is 0. The third-order valence-electron chi connectivity index (χ3n) is 2.39. The van der Waals surface area contributed by atoms with Crippen molar-refractivity contribution in [2.24, 2.45) is 0 Å². The number of rotatable bonds is 4. The van der Waals surface area contributed by atoms with Crippen LogP contribution in [-0.2, 0) is 0 Å². The summed E-state index contributed by atoms with van der Waals surface area (Å²) < 4.78 is 39.6.